The first kappa shape index (κ1) is 14.8. The Kier molecular flexibility index (Phi) is 4.10. The second-order valence-electron chi connectivity index (χ2n) is 5.43. The molecule has 0 atom stereocenters. The Hall–Kier alpha value is -3.08. The van der Waals surface area contributed by atoms with Gasteiger partial charge in [-0.05, 0) is 41.3 Å². The van der Waals surface area contributed by atoms with Gasteiger partial charge in [0.05, 0.1) is 6.54 Å². The SMILES string of the molecule is CN(Cc1cc2ccccc2[nH]1)C(=O)C=Cc1ccc(N)nc1. The number of pyridine rings is 1. The van der Waals surface area contributed by atoms with E-state index in [0.717, 1.165) is 22.2 Å². The zero-order valence-corrected chi connectivity index (χ0v) is 12.9. The van der Waals surface area contributed by atoms with E-state index < -0.39 is 0 Å². The minimum Gasteiger partial charge on any atom is -0.384 e. The van der Waals surface area contributed by atoms with Gasteiger partial charge in [-0.25, -0.2) is 4.98 Å². The molecule has 0 aliphatic rings. The number of H-pyrrole nitrogens is 1. The molecule has 3 N–H and O–H groups in total. The molecule has 5 heteroatoms. The van der Waals surface area contributed by atoms with Crippen LogP contribution < -0.4 is 5.73 Å². The van der Waals surface area contributed by atoms with Gasteiger partial charge in [0, 0.05) is 30.5 Å². The molecule has 0 aliphatic heterocycles. The number of benzene rings is 1. The van der Waals surface area contributed by atoms with Crippen LogP contribution in [0.4, 0.5) is 5.82 Å². The summed E-state index contributed by atoms with van der Waals surface area (Å²) in [6.45, 7) is 0.526. The molecule has 116 valence electrons. The van der Waals surface area contributed by atoms with E-state index in [-0.39, 0.29) is 5.91 Å². The van der Waals surface area contributed by atoms with E-state index in [1.807, 2.05) is 30.3 Å². The number of hydrogen-bond acceptors (Lipinski definition) is 3. The minimum atomic E-state index is -0.0690. The Balaban J connectivity index is 1.66. The lowest BCUT2D eigenvalue weighted by atomic mass is 10.2. The molecular formula is C18H18N4O. The second-order valence-corrected chi connectivity index (χ2v) is 5.43. The Morgan fingerprint density at radius 3 is 2.87 bits per heavy atom. The Labute approximate surface area is 134 Å². The van der Waals surface area contributed by atoms with Gasteiger partial charge in [-0.15, -0.1) is 0 Å². The summed E-state index contributed by atoms with van der Waals surface area (Å²) in [4.78, 5) is 21.2. The van der Waals surface area contributed by atoms with Crippen molar-refractivity contribution in [3.05, 3.63) is 66.0 Å². The molecule has 3 rings (SSSR count). The van der Waals surface area contributed by atoms with Crippen LogP contribution in [0.15, 0.2) is 54.7 Å². The first-order valence-electron chi connectivity index (χ1n) is 7.33. The minimum absolute atomic E-state index is 0.0690. The van der Waals surface area contributed by atoms with Gasteiger partial charge in [-0.1, -0.05) is 18.2 Å². The van der Waals surface area contributed by atoms with Crippen molar-refractivity contribution in [3.8, 4) is 0 Å². The van der Waals surface area contributed by atoms with Gasteiger partial charge in [-0.2, -0.15) is 0 Å². The predicted molar refractivity (Wildman–Crippen MR) is 92.5 cm³/mol. The molecule has 3 aromatic rings. The van der Waals surface area contributed by atoms with Crippen molar-refractivity contribution in [2.24, 2.45) is 0 Å². The third kappa shape index (κ3) is 3.58. The molecule has 0 aliphatic carbocycles. The number of carbonyl (C=O) groups is 1. The fourth-order valence-corrected chi connectivity index (χ4v) is 2.36. The van der Waals surface area contributed by atoms with E-state index >= 15 is 0 Å². The molecule has 23 heavy (non-hydrogen) atoms. The summed E-state index contributed by atoms with van der Waals surface area (Å²) >= 11 is 0. The lowest BCUT2D eigenvalue weighted by molar-refractivity contribution is -0.125. The van der Waals surface area contributed by atoms with Crippen LogP contribution in [0.1, 0.15) is 11.3 Å². The summed E-state index contributed by atoms with van der Waals surface area (Å²) < 4.78 is 0. The second kappa shape index (κ2) is 6.36. The number of nitrogen functional groups attached to an aromatic ring is 1. The normalized spacial score (nSPS) is 11.2. The highest BCUT2D eigenvalue weighted by Crippen LogP contribution is 2.15. The lowest BCUT2D eigenvalue weighted by Crippen LogP contribution is -2.24. The standard InChI is InChI=1S/C18H18N4O/c1-22(12-15-10-14-4-2-3-5-16(14)21-15)18(23)9-7-13-6-8-17(19)20-11-13/h2-11,21H,12H2,1H3,(H2,19,20). The van der Waals surface area contributed by atoms with Gasteiger partial charge in [0.25, 0.3) is 0 Å². The molecule has 2 heterocycles. The van der Waals surface area contributed by atoms with Gasteiger partial charge in [-0.3, -0.25) is 4.79 Å². The number of para-hydroxylation sites is 1. The number of anilines is 1. The highest BCUT2D eigenvalue weighted by atomic mass is 16.2. The number of nitrogens with zero attached hydrogens (tertiary/aromatic N) is 2. The van der Waals surface area contributed by atoms with Crippen LogP contribution in [-0.4, -0.2) is 27.8 Å². The fraction of sp³-hybridized carbons (Fsp3) is 0.111. The number of nitrogens with one attached hydrogen (secondary N) is 1. The van der Waals surface area contributed by atoms with Gasteiger partial charge in [0.15, 0.2) is 0 Å². The Morgan fingerprint density at radius 2 is 2.13 bits per heavy atom. The molecule has 5 nitrogen and oxygen atoms in total. The van der Waals surface area contributed by atoms with Crippen molar-refractivity contribution < 1.29 is 4.79 Å². The molecule has 2 aromatic heterocycles. The highest BCUT2D eigenvalue weighted by molar-refractivity contribution is 5.91. The average molecular weight is 306 g/mol. The molecule has 0 unspecified atom stereocenters. The van der Waals surface area contributed by atoms with E-state index in [9.17, 15) is 4.79 Å². The van der Waals surface area contributed by atoms with Crippen molar-refractivity contribution in [2.45, 2.75) is 6.54 Å². The number of aromatic amines is 1. The zero-order chi connectivity index (χ0) is 16.2. The molecular weight excluding hydrogens is 288 g/mol. The number of amides is 1. The highest BCUT2D eigenvalue weighted by Gasteiger charge is 2.08. The maximum Gasteiger partial charge on any atom is 0.246 e. The molecule has 0 radical (unpaired) electrons. The van der Waals surface area contributed by atoms with Crippen molar-refractivity contribution in [1.82, 2.24) is 14.9 Å². The van der Waals surface area contributed by atoms with E-state index in [0.29, 0.717) is 12.4 Å². The maximum absolute atomic E-state index is 12.2. The Bertz CT molecular complexity index is 816. The van der Waals surface area contributed by atoms with E-state index in [2.05, 4.69) is 16.0 Å². The van der Waals surface area contributed by atoms with Crippen molar-refractivity contribution in [2.75, 3.05) is 12.8 Å². The number of nitrogens with two attached hydrogens (primary N) is 1. The third-order valence-electron chi connectivity index (χ3n) is 3.60. The fourth-order valence-electron chi connectivity index (χ4n) is 2.36. The predicted octanol–water partition coefficient (Wildman–Crippen LogP) is 2.82. The van der Waals surface area contributed by atoms with Crippen LogP contribution in [-0.2, 0) is 11.3 Å². The van der Waals surface area contributed by atoms with Crippen LogP contribution in [0.5, 0.6) is 0 Å². The van der Waals surface area contributed by atoms with E-state index in [1.165, 1.54) is 6.08 Å². The number of aromatic nitrogens is 2. The molecule has 0 bridgehead atoms. The van der Waals surface area contributed by atoms with E-state index in [1.54, 1.807) is 30.3 Å². The smallest absolute Gasteiger partial charge is 0.246 e. The van der Waals surface area contributed by atoms with Gasteiger partial charge in [0.1, 0.15) is 5.82 Å². The van der Waals surface area contributed by atoms with Crippen molar-refractivity contribution in [1.29, 1.82) is 0 Å². The van der Waals surface area contributed by atoms with Crippen LogP contribution in [0.2, 0.25) is 0 Å². The number of fused-ring (bicyclic) bond motifs is 1. The number of carbonyl (C=O) groups excluding carboxylic acids is 1. The van der Waals surface area contributed by atoms with Crippen LogP contribution >= 0.6 is 0 Å². The Morgan fingerprint density at radius 1 is 1.30 bits per heavy atom. The quantitative estimate of drug-likeness (QED) is 0.728. The number of rotatable bonds is 4. The summed E-state index contributed by atoms with van der Waals surface area (Å²) in [6, 6.07) is 13.6. The zero-order valence-electron chi connectivity index (χ0n) is 12.9. The lowest BCUT2D eigenvalue weighted by Gasteiger charge is -2.13. The largest absolute Gasteiger partial charge is 0.384 e. The van der Waals surface area contributed by atoms with Crippen LogP contribution in [0.25, 0.3) is 17.0 Å². The van der Waals surface area contributed by atoms with E-state index in [4.69, 9.17) is 5.73 Å². The summed E-state index contributed by atoms with van der Waals surface area (Å²) in [5.41, 5.74) is 8.45. The summed E-state index contributed by atoms with van der Waals surface area (Å²) in [5.74, 6) is 0.393. The number of likely N-dealkylation sites (N-methyl/N-ethyl adjacent to an activating group) is 1. The van der Waals surface area contributed by atoms with Crippen molar-refractivity contribution in [3.63, 3.8) is 0 Å². The topological polar surface area (TPSA) is 75.0 Å². The van der Waals surface area contributed by atoms with Gasteiger partial charge in [0.2, 0.25) is 5.91 Å². The van der Waals surface area contributed by atoms with Gasteiger partial charge < -0.3 is 15.6 Å². The maximum atomic E-state index is 12.2. The third-order valence-corrected chi connectivity index (χ3v) is 3.60. The molecule has 0 spiro atoms. The molecule has 0 fully saturated rings. The molecule has 0 saturated carbocycles. The van der Waals surface area contributed by atoms with Crippen molar-refractivity contribution >= 4 is 28.7 Å². The summed E-state index contributed by atoms with van der Waals surface area (Å²) in [5, 5.41) is 1.15. The first-order chi connectivity index (χ1) is 11.1. The average Bonchev–Trinajstić information content (AvgIpc) is 2.96. The van der Waals surface area contributed by atoms with Gasteiger partial charge >= 0.3 is 0 Å². The summed E-state index contributed by atoms with van der Waals surface area (Å²) in [6.07, 6.45) is 4.91. The first-order valence-corrected chi connectivity index (χ1v) is 7.33. The molecule has 1 aromatic carbocycles. The number of hydrogen-bond donors (Lipinski definition) is 2. The van der Waals surface area contributed by atoms with Crippen LogP contribution in [0.3, 0.4) is 0 Å². The molecule has 1 amide bonds. The van der Waals surface area contributed by atoms with Crippen LogP contribution in [0, 0.1) is 0 Å². The molecule has 0 saturated heterocycles. The monoisotopic (exact) mass is 306 g/mol. The summed E-state index contributed by atoms with van der Waals surface area (Å²) in [7, 11) is 1.78.